The van der Waals surface area contributed by atoms with Crippen molar-refractivity contribution >= 4 is 17.4 Å². The zero-order valence-corrected chi connectivity index (χ0v) is 11.6. The molecule has 0 aliphatic carbocycles. The normalized spacial score (nSPS) is 20.7. The van der Waals surface area contributed by atoms with Crippen molar-refractivity contribution in [2.75, 3.05) is 13.7 Å². The van der Waals surface area contributed by atoms with Crippen LogP contribution < -0.4 is 10.5 Å². The largest absolute Gasteiger partial charge is 0.496 e. The second kappa shape index (κ2) is 6.12. The van der Waals surface area contributed by atoms with Crippen LogP contribution in [0.1, 0.15) is 18.4 Å². The summed E-state index contributed by atoms with van der Waals surface area (Å²) >= 11 is 6.02. The maximum absolute atomic E-state index is 8.81. The van der Waals surface area contributed by atoms with Crippen LogP contribution in [0.2, 0.25) is 5.02 Å². The van der Waals surface area contributed by atoms with E-state index in [1.807, 2.05) is 12.1 Å². The lowest BCUT2D eigenvalue weighted by Gasteiger charge is -2.24. The number of nitrogens with two attached hydrogens (primary N) is 1. The second-order valence-corrected chi connectivity index (χ2v) is 5.05. The minimum atomic E-state index is -0.0197. The van der Waals surface area contributed by atoms with E-state index < -0.39 is 0 Å². The molecule has 1 aromatic rings. The van der Waals surface area contributed by atoms with Gasteiger partial charge in [-0.2, -0.15) is 0 Å². The first-order chi connectivity index (χ1) is 9.15. The molecule has 19 heavy (non-hydrogen) atoms. The molecule has 0 aromatic heterocycles. The molecule has 3 N–H and O–H groups in total. The Morgan fingerprint density at radius 1 is 1.63 bits per heavy atom. The molecule has 0 spiro atoms. The van der Waals surface area contributed by atoms with Gasteiger partial charge in [-0.15, -0.1) is 0 Å². The van der Waals surface area contributed by atoms with Crippen molar-refractivity contribution in [2.24, 2.45) is 10.9 Å². The number of likely N-dealkylation sites (tertiary alicyclic amines) is 1. The number of amidine groups is 1. The zero-order chi connectivity index (χ0) is 13.8. The molecule has 0 radical (unpaired) electrons. The highest BCUT2D eigenvalue weighted by Crippen LogP contribution is 2.27. The van der Waals surface area contributed by atoms with Gasteiger partial charge in [0, 0.05) is 17.1 Å². The van der Waals surface area contributed by atoms with E-state index in [4.69, 9.17) is 27.3 Å². The standard InChI is InChI=1S/C13H18ClN3O2/c1-19-12-5-4-10(14)7-9(12)8-17-6-2-3-11(17)13(15)16-18/h4-5,7,11,18H,2-3,6,8H2,1H3,(H2,15,16). The van der Waals surface area contributed by atoms with Crippen LogP contribution in [0.5, 0.6) is 5.75 Å². The fraction of sp³-hybridized carbons (Fsp3) is 0.462. The predicted octanol–water partition coefficient (Wildman–Crippen LogP) is 2.06. The van der Waals surface area contributed by atoms with E-state index in [1.165, 1.54) is 0 Å². The summed E-state index contributed by atoms with van der Waals surface area (Å²) in [6.45, 7) is 1.58. The molecule has 1 aliphatic heterocycles. The van der Waals surface area contributed by atoms with Gasteiger partial charge in [0.25, 0.3) is 0 Å². The Bertz CT molecular complexity index is 479. The van der Waals surface area contributed by atoms with Crippen LogP contribution >= 0.6 is 11.6 Å². The van der Waals surface area contributed by atoms with Gasteiger partial charge >= 0.3 is 0 Å². The molecule has 5 nitrogen and oxygen atoms in total. The van der Waals surface area contributed by atoms with Crippen molar-refractivity contribution in [3.63, 3.8) is 0 Å². The first-order valence-electron chi connectivity index (χ1n) is 6.19. The number of nitrogens with zero attached hydrogens (tertiary/aromatic N) is 2. The average molecular weight is 284 g/mol. The quantitative estimate of drug-likeness (QED) is 0.384. The third-order valence-corrected chi connectivity index (χ3v) is 3.67. The average Bonchev–Trinajstić information content (AvgIpc) is 2.86. The molecular weight excluding hydrogens is 266 g/mol. The molecular formula is C13H18ClN3O2. The summed E-state index contributed by atoms with van der Waals surface area (Å²) < 4.78 is 5.34. The number of hydrogen-bond donors (Lipinski definition) is 2. The van der Waals surface area contributed by atoms with Gasteiger partial charge < -0.3 is 15.7 Å². The van der Waals surface area contributed by atoms with E-state index in [0.29, 0.717) is 11.6 Å². The molecule has 1 aromatic carbocycles. The first kappa shape index (κ1) is 14.0. The first-order valence-corrected chi connectivity index (χ1v) is 6.57. The van der Waals surface area contributed by atoms with Crippen molar-refractivity contribution in [3.05, 3.63) is 28.8 Å². The van der Waals surface area contributed by atoms with Crippen molar-refractivity contribution in [3.8, 4) is 5.75 Å². The summed E-state index contributed by atoms with van der Waals surface area (Å²) in [5.41, 5.74) is 6.73. The minimum Gasteiger partial charge on any atom is -0.496 e. The number of halogens is 1. The van der Waals surface area contributed by atoms with Gasteiger partial charge in [-0.3, -0.25) is 4.90 Å². The Morgan fingerprint density at radius 3 is 3.11 bits per heavy atom. The maximum Gasteiger partial charge on any atom is 0.156 e. The number of ether oxygens (including phenoxy) is 1. The molecule has 1 heterocycles. The van der Waals surface area contributed by atoms with Crippen LogP contribution in [0.3, 0.4) is 0 Å². The molecule has 0 bridgehead atoms. The molecule has 1 fully saturated rings. The van der Waals surface area contributed by atoms with Crippen LogP contribution in [0.15, 0.2) is 23.4 Å². The number of methoxy groups -OCH3 is 1. The van der Waals surface area contributed by atoms with E-state index in [0.717, 1.165) is 30.7 Å². The van der Waals surface area contributed by atoms with Crippen molar-refractivity contribution in [2.45, 2.75) is 25.4 Å². The highest BCUT2D eigenvalue weighted by molar-refractivity contribution is 6.30. The molecule has 104 valence electrons. The van der Waals surface area contributed by atoms with Gasteiger partial charge in [-0.25, -0.2) is 0 Å². The highest BCUT2D eigenvalue weighted by Gasteiger charge is 2.28. The van der Waals surface area contributed by atoms with Crippen molar-refractivity contribution in [1.82, 2.24) is 4.90 Å². The fourth-order valence-corrected chi connectivity index (χ4v) is 2.70. The van der Waals surface area contributed by atoms with Crippen LogP contribution in [0.4, 0.5) is 0 Å². The number of benzene rings is 1. The summed E-state index contributed by atoms with van der Waals surface area (Å²) in [5, 5.41) is 12.6. The Kier molecular flexibility index (Phi) is 4.50. The smallest absolute Gasteiger partial charge is 0.156 e. The molecule has 2 rings (SSSR count). The molecule has 6 heteroatoms. The van der Waals surface area contributed by atoms with E-state index in [-0.39, 0.29) is 11.9 Å². The lowest BCUT2D eigenvalue weighted by atomic mass is 10.1. The molecule has 0 saturated carbocycles. The number of oxime groups is 1. The van der Waals surface area contributed by atoms with E-state index in [9.17, 15) is 0 Å². The number of hydrogen-bond acceptors (Lipinski definition) is 4. The minimum absolute atomic E-state index is 0.0197. The Morgan fingerprint density at radius 2 is 2.42 bits per heavy atom. The summed E-state index contributed by atoms with van der Waals surface area (Å²) in [6, 6.07) is 5.53. The van der Waals surface area contributed by atoms with E-state index in [2.05, 4.69) is 10.1 Å². The lowest BCUT2D eigenvalue weighted by molar-refractivity contribution is 0.271. The molecule has 1 aliphatic rings. The fourth-order valence-electron chi connectivity index (χ4n) is 2.51. The summed E-state index contributed by atoms with van der Waals surface area (Å²) in [6.07, 6.45) is 1.93. The third kappa shape index (κ3) is 3.11. The Balaban J connectivity index is 2.18. The van der Waals surface area contributed by atoms with Crippen LogP contribution in [-0.2, 0) is 6.54 Å². The Labute approximate surface area is 117 Å². The highest BCUT2D eigenvalue weighted by atomic mass is 35.5. The SMILES string of the molecule is COc1ccc(Cl)cc1CN1CCCC1C(N)=NO. The molecule has 1 saturated heterocycles. The summed E-state index contributed by atoms with van der Waals surface area (Å²) in [4.78, 5) is 2.17. The monoisotopic (exact) mass is 283 g/mol. The van der Waals surface area contributed by atoms with Gasteiger partial charge in [0.1, 0.15) is 5.75 Å². The van der Waals surface area contributed by atoms with E-state index >= 15 is 0 Å². The van der Waals surface area contributed by atoms with Gasteiger partial charge in [0.2, 0.25) is 0 Å². The molecule has 1 atom stereocenters. The topological polar surface area (TPSA) is 71.1 Å². The maximum atomic E-state index is 8.81. The van der Waals surface area contributed by atoms with Gasteiger partial charge in [-0.05, 0) is 37.6 Å². The van der Waals surface area contributed by atoms with Crippen LogP contribution in [0, 0.1) is 0 Å². The number of rotatable bonds is 4. The van der Waals surface area contributed by atoms with Gasteiger partial charge in [0.05, 0.1) is 13.2 Å². The lowest BCUT2D eigenvalue weighted by Crippen LogP contribution is -2.40. The summed E-state index contributed by atoms with van der Waals surface area (Å²) in [5.74, 6) is 1.06. The Hall–Kier alpha value is -1.46. The third-order valence-electron chi connectivity index (χ3n) is 3.44. The summed E-state index contributed by atoms with van der Waals surface area (Å²) in [7, 11) is 1.64. The van der Waals surface area contributed by atoms with Crippen molar-refractivity contribution in [1.29, 1.82) is 0 Å². The van der Waals surface area contributed by atoms with Gasteiger partial charge in [-0.1, -0.05) is 16.8 Å². The van der Waals surface area contributed by atoms with Crippen molar-refractivity contribution < 1.29 is 9.94 Å². The van der Waals surface area contributed by atoms with Crippen LogP contribution in [0.25, 0.3) is 0 Å². The predicted molar refractivity (Wildman–Crippen MR) is 74.8 cm³/mol. The molecule has 1 unspecified atom stereocenters. The zero-order valence-electron chi connectivity index (χ0n) is 10.8. The van der Waals surface area contributed by atoms with E-state index in [1.54, 1.807) is 13.2 Å². The molecule has 0 amide bonds. The van der Waals surface area contributed by atoms with Gasteiger partial charge in [0.15, 0.2) is 5.84 Å². The second-order valence-electron chi connectivity index (χ2n) is 4.61. The van der Waals surface area contributed by atoms with Crippen LogP contribution in [-0.4, -0.2) is 35.6 Å².